The molecule has 0 saturated carbocycles. The molecule has 0 unspecified atom stereocenters. The first-order chi connectivity index (χ1) is 11.2. The number of nitrogens with two attached hydrogens (primary N) is 1. The number of benzene rings is 2. The van der Waals surface area contributed by atoms with Crippen LogP contribution in [-0.4, -0.2) is 27.9 Å². The van der Waals surface area contributed by atoms with Gasteiger partial charge in [0, 0.05) is 12.0 Å². The van der Waals surface area contributed by atoms with Crippen molar-refractivity contribution in [3.8, 4) is 17.2 Å². The summed E-state index contributed by atoms with van der Waals surface area (Å²) in [6.07, 6.45) is 0.984. The third-order valence-corrected chi connectivity index (χ3v) is 4.30. The molecule has 5 heteroatoms. The van der Waals surface area contributed by atoms with Gasteiger partial charge in [-0.25, -0.2) is 0 Å². The lowest BCUT2D eigenvalue weighted by molar-refractivity contribution is -0.670. The standard InChI is InChI=1S/C18H22BrNO3/c1-21-16-6-5-14(10-15(16)19)12-20-9-8-13-4-7-17(22-2)18(11-13)23-3/h4-7,10-11,20H,8-9,12H2,1-3H3/p+1. The molecule has 0 heterocycles. The van der Waals surface area contributed by atoms with Gasteiger partial charge in [-0.2, -0.15) is 0 Å². The zero-order chi connectivity index (χ0) is 16.7. The summed E-state index contributed by atoms with van der Waals surface area (Å²) in [5, 5.41) is 2.30. The highest BCUT2D eigenvalue weighted by Gasteiger charge is 2.06. The average Bonchev–Trinajstić information content (AvgIpc) is 2.58. The summed E-state index contributed by atoms with van der Waals surface area (Å²) in [7, 11) is 4.99. The van der Waals surface area contributed by atoms with Gasteiger partial charge in [0.2, 0.25) is 0 Å². The van der Waals surface area contributed by atoms with Gasteiger partial charge in [0.1, 0.15) is 12.3 Å². The number of hydrogen-bond donors (Lipinski definition) is 1. The van der Waals surface area contributed by atoms with Crippen LogP contribution in [0.25, 0.3) is 0 Å². The third-order valence-electron chi connectivity index (χ3n) is 3.68. The predicted molar refractivity (Wildman–Crippen MR) is 94.4 cm³/mol. The van der Waals surface area contributed by atoms with E-state index in [1.165, 1.54) is 11.1 Å². The van der Waals surface area contributed by atoms with Crippen LogP contribution in [0.3, 0.4) is 0 Å². The molecule has 0 aliphatic heterocycles. The molecule has 0 spiro atoms. The maximum absolute atomic E-state index is 5.34. The first-order valence-corrected chi connectivity index (χ1v) is 8.32. The summed E-state index contributed by atoms with van der Waals surface area (Å²) < 4.78 is 16.8. The summed E-state index contributed by atoms with van der Waals surface area (Å²) in [4.78, 5) is 0. The van der Waals surface area contributed by atoms with Gasteiger partial charge in [0.25, 0.3) is 0 Å². The van der Waals surface area contributed by atoms with E-state index in [1.807, 2.05) is 18.2 Å². The van der Waals surface area contributed by atoms with E-state index < -0.39 is 0 Å². The maximum Gasteiger partial charge on any atom is 0.160 e. The summed E-state index contributed by atoms with van der Waals surface area (Å²) in [5.41, 5.74) is 2.51. The zero-order valence-electron chi connectivity index (χ0n) is 13.8. The fourth-order valence-electron chi connectivity index (χ4n) is 2.41. The Kier molecular flexibility index (Phi) is 6.74. The molecule has 0 saturated heterocycles. The van der Waals surface area contributed by atoms with Gasteiger partial charge in [0.15, 0.2) is 11.5 Å². The number of halogens is 1. The number of ether oxygens (including phenoxy) is 3. The summed E-state index contributed by atoms with van der Waals surface area (Å²) in [6, 6.07) is 12.3. The molecule has 124 valence electrons. The molecule has 0 radical (unpaired) electrons. The molecular formula is C18H23BrNO3+. The largest absolute Gasteiger partial charge is 0.496 e. The van der Waals surface area contributed by atoms with Crippen LogP contribution in [0.5, 0.6) is 17.2 Å². The molecule has 4 nitrogen and oxygen atoms in total. The first kappa shape index (κ1) is 17.6. The van der Waals surface area contributed by atoms with Crippen LogP contribution in [0, 0.1) is 0 Å². The number of hydrogen-bond acceptors (Lipinski definition) is 3. The molecule has 0 aliphatic carbocycles. The van der Waals surface area contributed by atoms with E-state index in [-0.39, 0.29) is 0 Å². The Bertz CT molecular complexity index is 646. The monoisotopic (exact) mass is 380 g/mol. The van der Waals surface area contributed by atoms with Crippen molar-refractivity contribution in [1.82, 2.24) is 0 Å². The van der Waals surface area contributed by atoms with E-state index in [4.69, 9.17) is 14.2 Å². The van der Waals surface area contributed by atoms with Gasteiger partial charge in [-0.05, 0) is 51.8 Å². The molecule has 0 aromatic heterocycles. The fourth-order valence-corrected chi connectivity index (χ4v) is 3.00. The minimum Gasteiger partial charge on any atom is -0.496 e. The molecule has 0 amide bonds. The van der Waals surface area contributed by atoms with Crippen molar-refractivity contribution in [3.63, 3.8) is 0 Å². The molecular weight excluding hydrogens is 358 g/mol. The minimum atomic E-state index is 0.767. The van der Waals surface area contributed by atoms with Gasteiger partial charge in [-0.15, -0.1) is 0 Å². The van der Waals surface area contributed by atoms with Gasteiger partial charge in [0.05, 0.1) is 32.3 Å². The third kappa shape index (κ3) is 4.88. The normalized spacial score (nSPS) is 10.4. The van der Waals surface area contributed by atoms with E-state index in [9.17, 15) is 0 Å². The second kappa shape index (κ2) is 8.79. The Labute approximate surface area is 145 Å². The fraction of sp³-hybridized carbons (Fsp3) is 0.333. The van der Waals surface area contributed by atoms with Crippen molar-refractivity contribution >= 4 is 15.9 Å². The highest BCUT2D eigenvalue weighted by Crippen LogP contribution is 2.27. The predicted octanol–water partition coefficient (Wildman–Crippen LogP) is 2.78. The lowest BCUT2D eigenvalue weighted by Crippen LogP contribution is -2.83. The van der Waals surface area contributed by atoms with E-state index >= 15 is 0 Å². The topological polar surface area (TPSA) is 44.3 Å². The van der Waals surface area contributed by atoms with Crippen molar-refractivity contribution in [3.05, 3.63) is 52.0 Å². The summed E-state index contributed by atoms with van der Waals surface area (Å²) >= 11 is 3.52. The van der Waals surface area contributed by atoms with Crippen molar-refractivity contribution in [1.29, 1.82) is 0 Å². The van der Waals surface area contributed by atoms with E-state index in [1.54, 1.807) is 21.3 Å². The maximum atomic E-state index is 5.34. The molecule has 2 rings (SSSR count). The van der Waals surface area contributed by atoms with Crippen molar-refractivity contribution in [2.75, 3.05) is 27.9 Å². The number of methoxy groups -OCH3 is 3. The summed E-state index contributed by atoms with van der Waals surface area (Å²) in [5.74, 6) is 2.41. The minimum absolute atomic E-state index is 0.767. The van der Waals surface area contributed by atoms with Crippen LogP contribution < -0.4 is 19.5 Å². The van der Waals surface area contributed by atoms with E-state index in [0.29, 0.717) is 0 Å². The van der Waals surface area contributed by atoms with Crippen LogP contribution in [0.1, 0.15) is 11.1 Å². The Morgan fingerprint density at radius 3 is 2.13 bits per heavy atom. The van der Waals surface area contributed by atoms with Gasteiger partial charge in [-0.3, -0.25) is 0 Å². The first-order valence-electron chi connectivity index (χ1n) is 7.53. The van der Waals surface area contributed by atoms with Gasteiger partial charge in [-0.1, -0.05) is 6.07 Å². The van der Waals surface area contributed by atoms with E-state index in [2.05, 4.69) is 39.4 Å². The molecule has 0 aliphatic rings. The lowest BCUT2D eigenvalue weighted by atomic mass is 10.1. The lowest BCUT2D eigenvalue weighted by Gasteiger charge is -2.09. The molecule has 0 atom stereocenters. The van der Waals surface area contributed by atoms with Crippen molar-refractivity contribution in [2.45, 2.75) is 13.0 Å². The molecule has 2 N–H and O–H groups in total. The van der Waals surface area contributed by atoms with Crippen molar-refractivity contribution < 1.29 is 19.5 Å². The van der Waals surface area contributed by atoms with Gasteiger partial charge >= 0.3 is 0 Å². The van der Waals surface area contributed by atoms with Gasteiger partial charge < -0.3 is 19.5 Å². The Morgan fingerprint density at radius 2 is 1.48 bits per heavy atom. The average molecular weight is 381 g/mol. The quantitative estimate of drug-likeness (QED) is 0.716. The molecule has 23 heavy (non-hydrogen) atoms. The highest BCUT2D eigenvalue weighted by molar-refractivity contribution is 9.10. The molecule has 0 bridgehead atoms. The highest BCUT2D eigenvalue weighted by atomic mass is 79.9. The number of rotatable bonds is 8. The van der Waals surface area contributed by atoms with Crippen LogP contribution in [0.15, 0.2) is 40.9 Å². The van der Waals surface area contributed by atoms with Crippen LogP contribution >= 0.6 is 15.9 Å². The summed E-state index contributed by atoms with van der Waals surface area (Å²) in [6.45, 7) is 1.95. The molecule has 2 aromatic carbocycles. The van der Waals surface area contributed by atoms with Crippen LogP contribution in [0.2, 0.25) is 0 Å². The molecule has 0 fully saturated rings. The van der Waals surface area contributed by atoms with Crippen molar-refractivity contribution in [2.24, 2.45) is 0 Å². The Hall–Kier alpha value is -1.72. The smallest absolute Gasteiger partial charge is 0.160 e. The second-order valence-electron chi connectivity index (χ2n) is 5.19. The molecule has 2 aromatic rings. The Morgan fingerprint density at radius 1 is 0.826 bits per heavy atom. The van der Waals surface area contributed by atoms with E-state index in [0.717, 1.165) is 41.2 Å². The van der Waals surface area contributed by atoms with Crippen LogP contribution in [-0.2, 0) is 13.0 Å². The second-order valence-corrected chi connectivity index (χ2v) is 6.04. The van der Waals surface area contributed by atoms with Crippen LogP contribution in [0.4, 0.5) is 0 Å². The number of quaternary nitrogens is 1. The zero-order valence-corrected chi connectivity index (χ0v) is 15.4. The Balaban J connectivity index is 1.84. The SMILES string of the molecule is COc1ccc(C[NH2+]CCc2ccc(OC)c(OC)c2)cc1Br.